The van der Waals surface area contributed by atoms with Crippen LogP contribution in [0, 0.1) is 0 Å². The summed E-state index contributed by atoms with van der Waals surface area (Å²) < 4.78 is 30.3. The normalized spacial score (nSPS) is 31.2. The van der Waals surface area contributed by atoms with Crippen molar-refractivity contribution in [1.29, 1.82) is 0 Å². The Labute approximate surface area is 110 Å². The number of hydrogen-bond acceptors (Lipinski definition) is 4. The van der Waals surface area contributed by atoms with Crippen LogP contribution in [0.25, 0.3) is 0 Å². The van der Waals surface area contributed by atoms with E-state index in [4.69, 9.17) is 4.74 Å². The molecular weight excluding hydrogens is 252 g/mol. The molecule has 1 N–H and O–H groups in total. The fourth-order valence-corrected chi connectivity index (χ4v) is 3.84. The van der Waals surface area contributed by atoms with E-state index >= 15 is 0 Å². The molecule has 2 aliphatic rings. The van der Waals surface area contributed by atoms with E-state index in [1.807, 2.05) is 0 Å². The Balaban J connectivity index is 1.71. The van der Waals surface area contributed by atoms with Gasteiger partial charge < -0.3 is 10.1 Å². The van der Waals surface area contributed by atoms with Crippen molar-refractivity contribution in [3.63, 3.8) is 0 Å². The summed E-state index contributed by atoms with van der Waals surface area (Å²) in [6.45, 7) is 3.03. The van der Waals surface area contributed by atoms with Crippen LogP contribution in [-0.4, -0.2) is 56.9 Å². The summed E-state index contributed by atoms with van der Waals surface area (Å²) >= 11 is 0. The van der Waals surface area contributed by atoms with Gasteiger partial charge in [-0.3, -0.25) is 0 Å². The van der Waals surface area contributed by atoms with E-state index in [9.17, 15) is 8.42 Å². The molecule has 1 aliphatic heterocycles. The lowest BCUT2D eigenvalue weighted by atomic mass is 9.88. The third-order valence-electron chi connectivity index (χ3n) is 4.11. The molecule has 0 amide bonds. The highest BCUT2D eigenvalue weighted by Crippen LogP contribution is 2.24. The van der Waals surface area contributed by atoms with Gasteiger partial charge in [0.25, 0.3) is 0 Å². The average molecular weight is 276 g/mol. The number of nitrogens with one attached hydrogen (secondary N) is 1. The summed E-state index contributed by atoms with van der Waals surface area (Å²) in [5, 5.41) is 3.61. The van der Waals surface area contributed by atoms with Crippen LogP contribution < -0.4 is 5.32 Å². The number of rotatable bonds is 5. The first kappa shape index (κ1) is 14.2. The standard InChI is InChI=1S/C12H24N2O3S/c1-3-18(15,16)14-6-4-10(5-7-14)13-11-8-12(9-11)17-2/h10-13H,3-9H2,1-2H3. The Morgan fingerprint density at radius 3 is 2.33 bits per heavy atom. The Hall–Kier alpha value is -0.170. The summed E-state index contributed by atoms with van der Waals surface area (Å²) in [4.78, 5) is 0. The predicted octanol–water partition coefficient (Wildman–Crippen LogP) is 0.567. The molecule has 0 aromatic heterocycles. The zero-order valence-electron chi connectivity index (χ0n) is 11.3. The smallest absolute Gasteiger partial charge is 0.213 e. The van der Waals surface area contributed by atoms with E-state index in [0.29, 0.717) is 31.3 Å². The van der Waals surface area contributed by atoms with Gasteiger partial charge >= 0.3 is 0 Å². The number of piperidine rings is 1. The quantitative estimate of drug-likeness (QED) is 0.797. The van der Waals surface area contributed by atoms with Gasteiger partial charge in [-0.15, -0.1) is 0 Å². The van der Waals surface area contributed by atoms with Gasteiger partial charge in [0.15, 0.2) is 0 Å². The number of hydrogen-bond donors (Lipinski definition) is 1. The maximum absolute atomic E-state index is 11.7. The van der Waals surface area contributed by atoms with Gasteiger partial charge in [0, 0.05) is 32.3 Å². The summed E-state index contributed by atoms with van der Waals surface area (Å²) in [5.41, 5.74) is 0. The van der Waals surface area contributed by atoms with Crippen LogP contribution in [-0.2, 0) is 14.8 Å². The zero-order valence-corrected chi connectivity index (χ0v) is 12.1. The van der Waals surface area contributed by atoms with Gasteiger partial charge in [-0.25, -0.2) is 12.7 Å². The van der Waals surface area contributed by atoms with E-state index in [1.165, 1.54) is 0 Å². The van der Waals surface area contributed by atoms with E-state index in [1.54, 1.807) is 18.3 Å². The lowest BCUT2D eigenvalue weighted by molar-refractivity contribution is 0.0124. The highest BCUT2D eigenvalue weighted by atomic mass is 32.2. The Morgan fingerprint density at radius 2 is 1.83 bits per heavy atom. The first-order valence-electron chi connectivity index (χ1n) is 6.81. The maximum Gasteiger partial charge on any atom is 0.213 e. The lowest BCUT2D eigenvalue weighted by Gasteiger charge is -2.40. The summed E-state index contributed by atoms with van der Waals surface area (Å²) in [6, 6.07) is 1.03. The summed E-state index contributed by atoms with van der Waals surface area (Å²) in [7, 11) is -1.23. The second-order valence-corrected chi connectivity index (χ2v) is 7.52. The molecule has 6 heteroatoms. The van der Waals surface area contributed by atoms with Crippen molar-refractivity contribution in [2.45, 2.75) is 50.8 Å². The van der Waals surface area contributed by atoms with Gasteiger partial charge in [0.05, 0.1) is 11.9 Å². The Morgan fingerprint density at radius 1 is 1.22 bits per heavy atom. The molecule has 2 rings (SSSR count). The third kappa shape index (κ3) is 3.23. The fourth-order valence-electron chi connectivity index (χ4n) is 2.71. The van der Waals surface area contributed by atoms with E-state index in [0.717, 1.165) is 25.7 Å². The number of ether oxygens (including phenoxy) is 1. The zero-order chi connectivity index (χ0) is 13.2. The van der Waals surface area contributed by atoms with E-state index in [-0.39, 0.29) is 5.75 Å². The lowest BCUT2D eigenvalue weighted by Crippen LogP contribution is -2.53. The van der Waals surface area contributed by atoms with Gasteiger partial charge in [0.2, 0.25) is 10.0 Å². The maximum atomic E-state index is 11.7. The molecule has 5 nitrogen and oxygen atoms in total. The van der Waals surface area contributed by atoms with Crippen LogP contribution in [0.1, 0.15) is 32.6 Å². The average Bonchev–Trinajstić information content (AvgIpc) is 2.34. The number of nitrogens with zero attached hydrogens (tertiary/aromatic N) is 1. The van der Waals surface area contributed by atoms with Crippen molar-refractivity contribution >= 4 is 10.0 Å². The molecule has 106 valence electrons. The van der Waals surface area contributed by atoms with Crippen molar-refractivity contribution in [2.75, 3.05) is 26.0 Å². The van der Waals surface area contributed by atoms with Crippen LogP contribution in [0.5, 0.6) is 0 Å². The molecule has 0 radical (unpaired) electrons. The summed E-state index contributed by atoms with van der Waals surface area (Å²) in [5.74, 6) is 0.212. The highest BCUT2D eigenvalue weighted by Gasteiger charge is 2.32. The van der Waals surface area contributed by atoms with Crippen LogP contribution >= 0.6 is 0 Å². The molecule has 0 aromatic rings. The van der Waals surface area contributed by atoms with Crippen molar-refractivity contribution in [2.24, 2.45) is 0 Å². The second-order valence-electron chi connectivity index (χ2n) is 5.27. The molecule has 0 spiro atoms. The van der Waals surface area contributed by atoms with E-state index in [2.05, 4.69) is 5.32 Å². The minimum Gasteiger partial charge on any atom is -0.381 e. The predicted molar refractivity (Wildman–Crippen MR) is 71.0 cm³/mol. The van der Waals surface area contributed by atoms with Crippen molar-refractivity contribution in [1.82, 2.24) is 9.62 Å². The molecule has 1 heterocycles. The minimum absolute atomic E-state index is 0.212. The van der Waals surface area contributed by atoms with Gasteiger partial charge in [-0.2, -0.15) is 0 Å². The Bertz CT molecular complexity index is 358. The van der Waals surface area contributed by atoms with Crippen molar-refractivity contribution in [3.05, 3.63) is 0 Å². The minimum atomic E-state index is -2.99. The molecule has 0 atom stereocenters. The molecule has 1 saturated carbocycles. The molecule has 0 bridgehead atoms. The second kappa shape index (κ2) is 5.86. The molecule has 1 aliphatic carbocycles. The fraction of sp³-hybridized carbons (Fsp3) is 1.00. The van der Waals surface area contributed by atoms with Gasteiger partial charge in [-0.1, -0.05) is 0 Å². The third-order valence-corrected chi connectivity index (χ3v) is 5.99. The molecule has 1 saturated heterocycles. The summed E-state index contributed by atoms with van der Waals surface area (Å²) in [6.07, 6.45) is 4.44. The monoisotopic (exact) mass is 276 g/mol. The largest absolute Gasteiger partial charge is 0.381 e. The van der Waals surface area contributed by atoms with Gasteiger partial charge in [-0.05, 0) is 32.6 Å². The number of sulfonamides is 1. The van der Waals surface area contributed by atoms with Crippen LogP contribution in [0.3, 0.4) is 0 Å². The van der Waals surface area contributed by atoms with Crippen molar-refractivity contribution < 1.29 is 13.2 Å². The molecule has 0 aromatic carbocycles. The van der Waals surface area contributed by atoms with Crippen LogP contribution in [0.15, 0.2) is 0 Å². The highest BCUT2D eigenvalue weighted by molar-refractivity contribution is 7.89. The molecular formula is C12H24N2O3S. The first-order valence-corrected chi connectivity index (χ1v) is 8.42. The first-order chi connectivity index (χ1) is 8.55. The van der Waals surface area contributed by atoms with E-state index < -0.39 is 10.0 Å². The van der Waals surface area contributed by atoms with Crippen LogP contribution in [0.4, 0.5) is 0 Å². The van der Waals surface area contributed by atoms with Gasteiger partial charge in [0.1, 0.15) is 0 Å². The SMILES string of the molecule is CCS(=O)(=O)N1CCC(NC2CC(OC)C2)CC1. The Kier molecular flexibility index (Phi) is 4.64. The molecule has 18 heavy (non-hydrogen) atoms. The van der Waals surface area contributed by atoms with Crippen LogP contribution in [0.2, 0.25) is 0 Å². The molecule has 2 fully saturated rings. The topological polar surface area (TPSA) is 58.6 Å². The number of methoxy groups -OCH3 is 1. The molecule has 0 unspecified atom stereocenters. The van der Waals surface area contributed by atoms with Crippen molar-refractivity contribution in [3.8, 4) is 0 Å².